The summed E-state index contributed by atoms with van der Waals surface area (Å²) in [4.78, 5) is 30.2. The number of likely N-dealkylation sites (tertiary alicyclic amines) is 1. The summed E-state index contributed by atoms with van der Waals surface area (Å²) in [6, 6.07) is 5.58. The Labute approximate surface area is 173 Å². The van der Waals surface area contributed by atoms with Crippen LogP contribution in [-0.2, 0) is 7.05 Å². The van der Waals surface area contributed by atoms with Crippen molar-refractivity contribution in [2.45, 2.75) is 6.04 Å². The highest BCUT2D eigenvalue weighted by atomic mass is 16.5. The number of fused-ring (bicyclic) bond motifs is 1. The summed E-state index contributed by atoms with van der Waals surface area (Å²) in [5, 5.41) is 9.71. The van der Waals surface area contributed by atoms with Gasteiger partial charge >= 0.3 is 6.03 Å². The molecule has 156 valence electrons. The van der Waals surface area contributed by atoms with E-state index in [0.29, 0.717) is 37.6 Å². The number of benzene rings is 1. The third kappa shape index (κ3) is 2.78. The summed E-state index contributed by atoms with van der Waals surface area (Å²) < 4.78 is 8.87. The predicted octanol–water partition coefficient (Wildman–Crippen LogP) is 1.35. The Balaban J connectivity index is 1.26. The quantitative estimate of drug-likeness (QED) is 0.649. The van der Waals surface area contributed by atoms with Gasteiger partial charge in [-0.2, -0.15) is 10.2 Å². The molecular weight excluding hydrogens is 386 g/mol. The fourth-order valence-electron chi connectivity index (χ4n) is 4.08. The van der Waals surface area contributed by atoms with Gasteiger partial charge in [-0.15, -0.1) is 0 Å². The lowest BCUT2D eigenvalue weighted by molar-refractivity contribution is 0.0502. The molecule has 10 nitrogen and oxygen atoms in total. The average molecular weight is 409 g/mol. The van der Waals surface area contributed by atoms with E-state index in [1.807, 2.05) is 30.1 Å². The molecule has 3 amide bonds. The second kappa shape index (κ2) is 6.75. The second-order valence-corrected chi connectivity index (χ2v) is 7.76. The molecule has 2 aromatic heterocycles. The number of carbonyl (C=O) groups is 2. The Kier molecular flexibility index (Phi) is 4.16. The second-order valence-electron chi connectivity index (χ2n) is 7.76. The minimum Gasteiger partial charge on any atom is -0.481 e. The molecule has 2 saturated heterocycles. The molecule has 0 saturated carbocycles. The van der Waals surface area contributed by atoms with Crippen LogP contribution in [0.4, 0.5) is 10.5 Å². The number of nitrogens with zero attached hydrogens (tertiary/aromatic N) is 7. The Morgan fingerprint density at radius 1 is 1.20 bits per heavy atom. The number of hydrogen-bond acceptors (Lipinski definition) is 5. The van der Waals surface area contributed by atoms with E-state index in [0.717, 1.165) is 16.6 Å². The summed E-state index contributed by atoms with van der Waals surface area (Å²) in [5.74, 6) is 0.645. The maximum absolute atomic E-state index is 12.9. The minimum atomic E-state index is -0.0264. The number of amides is 3. The van der Waals surface area contributed by atoms with Gasteiger partial charge in [0.2, 0.25) is 5.88 Å². The van der Waals surface area contributed by atoms with Crippen molar-refractivity contribution >= 4 is 28.5 Å². The number of anilines is 1. The van der Waals surface area contributed by atoms with E-state index in [2.05, 4.69) is 10.2 Å². The van der Waals surface area contributed by atoms with Crippen LogP contribution in [0.5, 0.6) is 5.88 Å². The standard InChI is InChI=1S/C20H23N7O3/c1-23-6-7-26(20(23)29)14-9-21-27(12-14)15-10-25(11-15)18(28)13-4-5-16-17(8-13)22-24(2)19(16)30-3/h4-5,8-9,12,15H,6-7,10-11H2,1-3H3. The monoisotopic (exact) mass is 409 g/mol. The first-order valence-electron chi connectivity index (χ1n) is 9.83. The van der Waals surface area contributed by atoms with Crippen LogP contribution in [0, 0.1) is 0 Å². The van der Waals surface area contributed by atoms with Gasteiger partial charge in [0.1, 0.15) is 0 Å². The van der Waals surface area contributed by atoms with Crippen molar-refractivity contribution in [3.8, 4) is 5.88 Å². The van der Waals surface area contributed by atoms with E-state index in [1.165, 1.54) is 0 Å². The van der Waals surface area contributed by atoms with E-state index in [1.54, 1.807) is 45.8 Å². The number of ether oxygens (including phenoxy) is 1. The average Bonchev–Trinajstić information content (AvgIpc) is 3.37. The summed E-state index contributed by atoms with van der Waals surface area (Å²) in [7, 11) is 5.21. The lowest BCUT2D eigenvalue weighted by Gasteiger charge is -2.39. The fourth-order valence-corrected chi connectivity index (χ4v) is 4.08. The molecule has 0 spiro atoms. The molecule has 4 heterocycles. The molecule has 2 aliphatic heterocycles. The first-order valence-corrected chi connectivity index (χ1v) is 9.83. The Bertz CT molecular complexity index is 1140. The van der Waals surface area contributed by atoms with Gasteiger partial charge in [0.15, 0.2) is 0 Å². The van der Waals surface area contributed by atoms with Gasteiger partial charge in [-0.25, -0.2) is 9.48 Å². The number of hydrogen-bond donors (Lipinski definition) is 0. The lowest BCUT2D eigenvalue weighted by Crippen LogP contribution is -2.50. The highest BCUT2D eigenvalue weighted by Crippen LogP contribution is 2.29. The summed E-state index contributed by atoms with van der Waals surface area (Å²) in [5.41, 5.74) is 2.13. The Hall–Kier alpha value is -3.56. The van der Waals surface area contributed by atoms with E-state index < -0.39 is 0 Å². The van der Waals surface area contributed by atoms with Crippen molar-refractivity contribution in [2.24, 2.45) is 7.05 Å². The number of aryl methyl sites for hydroxylation is 1. The Morgan fingerprint density at radius 3 is 2.70 bits per heavy atom. The highest BCUT2D eigenvalue weighted by molar-refractivity contribution is 5.99. The van der Waals surface area contributed by atoms with E-state index in [9.17, 15) is 9.59 Å². The van der Waals surface area contributed by atoms with Crippen LogP contribution in [0.25, 0.3) is 10.9 Å². The maximum atomic E-state index is 12.9. The summed E-state index contributed by atoms with van der Waals surface area (Å²) in [6.45, 7) is 2.54. The molecule has 10 heteroatoms. The van der Waals surface area contributed by atoms with Gasteiger partial charge in [-0.05, 0) is 18.2 Å². The van der Waals surface area contributed by atoms with Crippen LogP contribution < -0.4 is 9.64 Å². The van der Waals surface area contributed by atoms with Crippen LogP contribution in [0.3, 0.4) is 0 Å². The molecule has 30 heavy (non-hydrogen) atoms. The van der Waals surface area contributed by atoms with Crippen molar-refractivity contribution in [3.63, 3.8) is 0 Å². The maximum Gasteiger partial charge on any atom is 0.324 e. The van der Waals surface area contributed by atoms with Crippen molar-refractivity contribution in [1.82, 2.24) is 29.4 Å². The number of aromatic nitrogens is 4. The zero-order valence-electron chi connectivity index (χ0n) is 17.1. The molecule has 0 radical (unpaired) electrons. The van der Waals surface area contributed by atoms with Gasteiger partial charge in [-0.3, -0.25) is 14.4 Å². The molecule has 0 atom stereocenters. The minimum absolute atomic E-state index is 0.0125. The number of methoxy groups -OCH3 is 1. The molecule has 1 aromatic carbocycles. The molecular formula is C20H23N7O3. The van der Waals surface area contributed by atoms with Crippen molar-refractivity contribution in [3.05, 3.63) is 36.2 Å². The largest absolute Gasteiger partial charge is 0.481 e. The van der Waals surface area contributed by atoms with Gasteiger partial charge in [0.25, 0.3) is 5.91 Å². The molecule has 0 aliphatic carbocycles. The van der Waals surface area contributed by atoms with Crippen molar-refractivity contribution in [1.29, 1.82) is 0 Å². The molecule has 2 fully saturated rings. The van der Waals surface area contributed by atoms with Crippen molar-refractivity contribution < 1.29 is 14.3 Å². The zero-order chi connectivity index (χ0) is 21.0. The van der Waals surface area contributed by atoms with Crippen molar-refractivity contribution in [2.75, 3.05) is 45.2 Å². The third-order valence-corrected chi connectivity index (χ3v) is 5.86. The number of rotatable bonds is 4. The summed E-state index contributed by atoms with van der Waals surface area (Å²) in [6.07, 6.45) is 3.60. The van der Waals surface area contributed by atoms with Gasteiger partial charge in [0, 0.05) is 52.0 Å². The van der Waals surface area contributed by atoms with E-state index >= 15 is 0 Å². The third-order valence-electron chi connectivity index (χ3n) is 5.86. The summed E-state index contributed by atoms with van der Waals surface area (Å²) >= 11 is 0. The van der Waals surface area contributed by atoms with Gasteiger partial charge in [-0.1, -0.05) is 0 Å². The molecule has 5 rings (SSSR count). The fraction of sp³-hybridized carbons (Fsp3) is 0.400. The van der Waals surface area contributed by atoms with Crippen LogP contribution >= 0.6 is 0 Å². The predicted molar refractivity (Wildman–Crippen MR) is 110 cm³/mol. The Morgan fingerprint density at radius 2 is 2.00 bits per heavy atom. The highest BCUT2D eigenvalue weighted by Gasteiger charge is 2.34. The first kappa shape index (κ1) is 18.5. The number of urea groups is 1. The van der Waals surface area contributed by atoms with Gasteiger partial charge in [0.05, 0.1) is 35.9 Å². The smallest absolute Gasteiger partial charge is 0.324 e. The molecule has 0 unspecified atom stereocenters. The molecule has 0 N–H and O–H groups in total. The zero-order valence-corrected chi connectivity index (χ0v) is 17.1. The van der Waals surface area contributed by atoms with Crippen LogP contribution in [0.1, 0.15) is 16.4 Å². The lowest BCUT2D eigenvalue weighted by atomic mass is 10.1. The van der Waals surface area contributed by atoms with Crippen LogP contribution in [0.15, 0.2) is 30.6 Å². The molecule has 2 aliphatic rings. The van der Waals surface area contributed by atoms with Gasteiger partial charge < -0.3 is 14.5 Å². The SMILES string of the molecule is COc1c2ccc(C(=O)N3CC(n4cc(N5CCN(C)C5=O)cn4)C3)cc2nn1C. The number of likely N-dealkylation sites (N-methyl/N-ethyl adjacent to an activating group) is 1. The van der Waals surface area contributed by atoms with E-state index in [-0.39, 0.29) is 18.0 Å². The van der Waals surface area contributed by atoms with Crippen LogP contribution in [0.2, 0.25) is 0 Å². The normalized spacial score (nSPS) is 17.2. The number of carbonyl (C=O) groups excluding carboxylic acids is 2. The first-order chi connectivity index (χ1) is 14.5. The molecule has 3 aromatic rings. The van der Waals surface area contributed by atoms with Crippen LogP contribution in [-0.4, -0.2) is 81.6 Å². The topological polar surface area (TPSA) is 88.7 Å². The molecule has 0 bridgehead atoms. The van der Waals surface area contributed by atoms with E-state index in [4.69, 9.17) is 4.74 Å².